The second-order valence-electron chi connectivity index (χ2n) is 3.50. The van der Waals surface area contributed by atoms with Crippen LogP contribution in [-0.4, -0.2) is 46.1 Å². The Kier molecular flexibility index (Phi) is 3.48. The summed E-state index contributed by atoms with van der Waals surface area (Å²) in [5.74, 6) is -0.887. The van der Waals surface area contributed by atoms with Crippen LogP contribution < -0.4 is 5.73 Å². The van der Waals surface area contributed by atoms with Crippen LogP contribution in [-0.2, 0) is 4.79 Å². The number of carbonyl (C=O) groups excluding carboxylic acids is 1. The lowest BCUT2D eigenvalue weighted by Crippen LogP contribution is -2.60. The Hall–Kier alpha value is -1.54. The third kappa shape index (κ3) is 2.42. The van der Waals surface area contributed by atoms with Gasteiger partial charge in [0.15, 0.2) is 0 Å². The van der Waals surface area contributed by atoms with Gasteiger partial charge in [-0.15, -0.1) is 0 Å². The minimum atomic E-state index is -5.06. The zero-order valence-electron chi connectivity index (χ0n) is 8.61. The fourth-order valence-corrected chi connectivity index (χ4v) is 1.31. The molecule has 1 unspecified atom stereocenters. The van der Waals surface area contributed by atoms with Crippen molar-refractivity contribution in [3.8, 4) is 0 Å². The standard InChI is InChI=1S/C9H11F3N2O3/c10-9(11,12)8(17,5-15)14-3-1-2-6(4-14)7(13)16/h1-3,15,17H,4-5H2,(H2,13,16). The highest BCUT2D eigenvalue weighted by atomic mass is 19.4. The minimum Gasteiger partial charge on any atom is -0.391 e. The van der Waals surface area contributed by atoms with E-state index in [0.29, 0.717) is 4.90 Å². The largest absolute Gasteiger partial charge is 0.439 e. The molecule has 1 aliphatic rings. The highest BCUT2D eigenvalue weighted by Crippen LogP contribution is 2.34. The number of halogens is 3. The SMILES string of the molecule is NC(=O)C1=CC=CN(C(O)(CO)C(F)(F)F)C1. The van der Waals surface area contributed by atoms with Crippen LogP contribution in [0.1, 0.15) is 0 Å². The molecule has 0 aromatic heterocycles. The molecule has 0 spiro atoms. The number of hydrogen-bond acceptors (Lipinski definition) is 4. The number of allylic oxidation sites excluding steroid dienone is 2. The molecule has 1 rings (SSSR count). The van der Waals surface area contributed by atoms with Crippen molar-refractivity contribution < 1.29 is 28.2 Å². The van der Waals surface area contributed by atoms with Gasteiger partial charge in [-0.25, -0.2) is 0 Å². The first-order valence-electron chi connectivity index (χ1n) is 4.56. The van der Waals surface area contributed by atoms with Crippen LogP contribution in [0.25, 0.3) is 0 Å². The summed E-state index contributed by atoms with van der Waals surface area (Å²) in [6.45, 7) is -2.07. The molecule has 0 radical (unpaired) electrons. The summed E-state index contributed by atoms with van der Waals surface area (Å²) in [6.07, 6.45) is -1.76. The Morgan fingerprint density at radius 2 is 2.12 bits per heavy atom. The molecule has 0 fully saturated rings. The van der Waals surface area contributed by atoms with Crippen LogP contribution in [0, 0.1) is 0 Å². The third-order valence-corrected chi connectivity index (χ3v) is 2.37. The zero-order valence-corrected chi connectivity index (χ0v) is 8.61. The Morgan fingerprint density at radius 3 is 2.53 bits per heavy atom. The summed E-state index contributed by atoms with van der Waals surface area (Å²) in [6, 6.07) is 0. The summed E-state index contributed by atoms with van der Waals surface area (Å²) in [5, 5.41) is 18.1. The molecule has 0 aromatic rings. The first-order chi connectivity index (χ1) is 7.72. The van der Waals surface area contributed by atoms with E-state index in [1.165, 1.54) is 6.08 Å². The fraction of sp³-hybridized carbons (Fsp3) is 0.444. The number of aliphatic hydroxyl groups is 2. The van der Waals surface area contributed by atoms with Gasteiger partial charge in [-0.1, -0.05) is 6.08 Å². The van der Waals surface area contributed by atoms with Crippen LogP contribution in [0.15, 0.2) is 23.9 Å². The molecule has 1 heterocycles. The fourth-order valence-electron chi connectivity index (χ4n) is 1.31. The van der Waals surface area contributed by atoms with Crippen molar-refractivity contribution >= 4 is 5.91 Å². The molecule has 0 saturated carbocycles. The van der Waals surface area contributed by atoms with E-state index in [4.69, 9.17) is 10.8 Å². The van der Waals surface area contributed by atoms with Crippen LogP contribution in [0.4, 0.5) is 13.2 Å². The smallest absolute Gasteiger partial charge is 0.391 e. The maximum Gasteiger partial charge on any atom is 0.439 e. The monoisotopic (exact) mass is 252 g/mol. The molecule has 0 aromatic carbocycles. The number of rotatable bonds is 3. The summed E-state index contributed by atoms with van der Waals surface area (Å²) in [5.41, 5.74) is 1.40. The first kappa shape index (κ1) is 13.5. The summed E-state index contributed by atoms with van der Waals surface area (Å²) >= 11 is 0. The van der Waals surface area contributed by atoms with Crippen molar-refractivity contribution in [3.05, 3.63) is 23.9 Å². The molecule has 8 heteroatoms. The average Bonchev–Trinajstić information content (AvgIpc) is 2.26. The van der Waals surface area contributed by atoms with E-state index in [2.05, 4.69) is 0 Å². The Balaban J connectivity index is 2.99. The van der Waals surface area contributed by atoms with Gasteiger partial charge in [0.1, 0.15) is 6.61 Å². The van der Waals surface area contributed by atoms with Gasteiger partial charge in [-0.2, -0.15) is 13.2 Å². The van der Waals surface area contributed by atoms with Crippen molar-refractivity contribution in [1.29, 1.82) is 0 Å². The van der Waals surface area contributed by atoms with Gasteiger partial charge in [-0.05, 0) is 6.08 Å². The summed E-state index contributed by atoms with van der Waals surface area (Å²) < 4.78 is 37.8. The first-order valence-corrected chi connectivity index (χ1v) is 4.56. The minimum absolute atomic E-state index is 0.0939. The Morgan fingerprint density at radius 1 is 1.53 bits per heavy atom. The molecule has 0 aliphatic carbocycles. The second-order valence-corrected chi connectivity index (χ2v) is 3.50. The van der Waals surface area contributed by atoms with Crippen molar-refractivity contribution in [3.63, 3.8) is 0 Å². The maximum absolute atomic E-state index is 12.6. The predicted octanol–water partition coefficient (Wildman–Crippen LogP) is -0.529. The van der Waals surface area contributed by atoms with Crippen molar-refractivity contribution in [1.82, 2.24) is 4.90 Å². The number of amides is 1. The van der Waals surface area contributed by atoms with E-state index in [-0.39, 0.29) is 5.57 Å². The molecule has 1 atom stereocenters. The maximum atomic E-state index is 12.6. The van der Waals surface area contributed by atoms with Gasteiger partial charge in [-0.3, -0.25) is 4.79 Å². The van der Waals surface area contributed by atoms with Gasteiger partial charge in [0.2, 0.25) is 5.91 Å². The molecule has 17 heavy (non-hydrogen) atoms. The van der Waals surface area contributed by atoms with Crippen molar-refractivity contribution in [2.45, 2.75) is 11.9 Å². The highest BCUT2D eigenvalue weighted by Gasteiger charge is 2.57. The van der Waals surface area contributed by atoms with Gasteiger partial charge < -0.3 is 20.8 Å². The normalized spacial score (nSPS) is 19.8. The van der Waals surface area contributed by atoms with Crippen LogP contribution >= 0.6 is 0 Å². The molecule has 0 bridgehead atoms. The average molecular weight is 252 g/mol. The number of aliphatic hydroxyl groups excluding tert-OH is 1. The van der Waals surface area contributed by atoms with E-state index in [1.807, 2.05) is 0 Å². The van der Waals surface area contributed by atoms with E-state index in [9.17, 15) is 23.1 Å². The van der Waals surface area contributed by atoms with Gasteiger partial charge in [0.25, 0.3) is 5.72 Å². The molecule has 4 N–H and O–H groups in total. The zero-order chi connectivity index (χ0) is 13.3. The van der Waals surface area contributed by atoms with E-state index < -0.39 is 31.0 Å². The number of hydrogen-bond donors (Lipinski definition) is 3. The predicted molar refractivity (Wildman–Crippen MR) is 51.2 cm³/mol. The quantitative estimate of drug-likeness (QED) is 0.630. The number of nitrogens with zero attached hydrogens (tertiary/aromatic N) is 1. The molecule has 0 saturated heterocycles. The van der Waals surface area contributed by atoms with Gasteiger partial charge in [0.05, 0.1) is 6.54 Å². The second kappa shape index (κ2) is 4.38. The van der Waals surface area contributed by atoms with E-state index in [0.717, 1.165) is 12.3 Å². The van der Waals surface area contributed by atoms with Crippen LogP contribution in [0.5, 0.6) is 0 Å². The van der Waals surface area contributed by atoms with E-state index in [1.54, 1.807) is 0 Å². The Bertz CT molecular complexity index is 378. The molecular formula is C9H11F3N2O3. The van der Waals surface area contributed by atoms with E-state index >= 15 is 0 Å². The number of primary amides is 1. The number of nitrogens with two attached hydrogens (primary N) is 1. The van der Waals surface area contributed by atoms with Gasteiger partial charge >= 0.3 is 6.18 Å². The molecule has 1 aliphatic heterocycles. The Labute approximate surface area is 94.6 Å². The molecule has 96 valence electrons. The van der Waals surface area contributed by atoms with Crippen molar-refractivity contribution in [2.75, 3.05) is 13.2 Å². The molecule has 1 amide bonds. The summed E-state index contributed by atoms with van der Waals surface area (Å²) in [7, 11) is 0. The number of alkyl halides is 3. The summed E-state index contributed by atoms with van der Waals surface area (Å²) in [4.78, 5) is 11.2. The van der Waals surface area contributed by atoms with Crippen molar-refractivity contribution in [2.24, 2.45) is 5.73 Å². The van der Waals surface area contributed by atoms with Crippen LogP contribution in [0.3, 0.4) is 0 Å². The third-order valence-electron chi connectivity index (χ3n) is 2.37. The number of carbonyl (C=O) groups is 1. The molecule has 5 nitrogen and oxygen atoms in total. The lowest BCUT2D eigenvalue weighted by Gasteiger charge is -2.39. The van der Waals surface area contributed by atoms with Crippen LogP contribution in [0.2, 0.25) is 0 Å². The highest BCUT2D eigenvalue weighted by molar-refractivity contribution is 5.92. The van der Waals surface area contributed by atoms with Gasteiger partial charge in [0, 0.05) is 11.8 Å². The topological polar surface area (TPSA) is 86.8 Å². The lowest BCUT2D eigenvalue weighted by molar-refractivity contribution is -0.316. The lowest BCUT2D eigenvalue weighted by atomic mass is 10.1. The molecular weight excluding hydrogens is 241 g/mol.